The van der Waals surface area contributed by atoms with Crippen LogP contribution in [0.4, 0.5) is 0 Å². The van der Waals surface area contributed by atoms with Crippen LogP contribution in [0.15, 0.2) is 23.1 Å². The highest BCUT2D eigenvalue weighted by Crippen LogP contribution is 2.17. The van der Waals surface area contributed by atoms with Crippen molar-refractivity contribution in [3.63, 3.8) is 0 Å². The smallest absolute Gasteiger partial charge is 0.163 e. The van der Waals surface area contributed by atoms with Crippen molar-refractivity contribution < 1.29 is 4.79 Å². The Morgan fingerprint density at radius 1 is 1.57 bits per heavy atom. The van der Waals surface area contributed by atoms with Gasteiger partial charge < -0.3 is 0 Å². The molecular formula is C11H11NOS. The zero-order valence-electron chi connectivity index (χ0n) is 7.95. The average Bonchev–Trinajstić information content (AvgIpc) is 2.20. The van der Waals surface area contributed by atoms with E-state index in [1.807, 2.05) is 13.0 Å². The molecule has 0 atom stereocenters. The molecule has 0 heterocycles. The van der Waals surface area contributed by atoms with Crippen molar-refractivity contribution in [2.24, 2.45) is 0 Å². The van der Waals surface area contributed by atoms with Crippen molar-refractivity contribution in [1.82, 2.24) is 0 Å². The Morgan fingerprint density at radius 3 is 2.86 bits per heavy atom. The molecule has 1 aromatic carbocycles. The third kappa shape index (κ3) is 2.36. The van der Waals surface area contributed by atoms with Gasteiger partial charge in [0.1, 0.15) is 0 Å². The number of Topliss-reactive ketones (excluding diaryl/α,β-unsaturated/α-hetero) is 1. The zero-order valence-corrected chi connectivity index (χ0v) is 8.84. The SMILES string of the molecule is CCC(=O)c1cc(CC#N)ccc1S. The Balaban J connectivity index is 3.09. The molecule has 0 radical (unpaired) electrons. The van der Waals surface area contributed by atoms with E-state index in [0.29, 0.717) is 23.3 Å². The lowest BCUT2D eigenvalue weighted by molar-refractivity contribution is 0.0985. The molecule has 0 spiro atoms. The van der Waals surface area contributed by atoms with E-state index >= 15 is 0 Å². The van der Waals surface area contributed by atoms with Crippen molar-refractivity contribution in [2.45, 2.75) is 24.7 Å². The molecule has 0 saturated heterocycles. The maximum Gasteiger partial charge on any atom is 0.163 e. The van der Waals surface area contributed by atoms with Gasteiger partial charge in [-0.15, -0.1) is 12.6 Å². The number of nitrogens with zero attached hydrogens (tertiary/aromatic N) is 1. The minimum Gasteiger partial charge on any atom is -0.294 e. The van der Waals surface area contributed by atoms with Crippen molar-refractivity contribution >= 4 is 18.4 Å². The zero-order chi connectivity index (χ0) is 10.6. The summed E-state index contributed by atoms with van der Waals surface area (Å²) < 4.78 is 0. The lowest BCUT2D eigenvalue weighted by Crippen LogP contribution is -1.99. The van der Waals surface area contributed by atoms with Gasteiger partial charge in [-0.25, -0.2) is 0 Å². The summed E-state index contributed by atoms with van der Waals surface area (Å²) in [6.45, 7) is 1.81. The fourth-order valence-corrected chi connectivity index (χ4v) is 1.46. The number of thiol groups is 1. The van der Waals surface area contributed by atoms with E-state index in [2.05, 4.69) is 18.7 Å². The summed E-state index contributed by atoms with van der Waals surface area (Å²) in [6, 6.07) is 7.38. The Labute approximate surface area is 89.0 Å². The van der Waals surface area contributed by atoms with Gasteiger partial charge in [0, 0.05) is 16.9 Å². The van der Waals surface area contributed by atoms with Crippen LogP contribution in [0.25, 0.3) is 0 Å². The Bertz CT molecular complexity index is 393. The van der Waals surface area contributed by atoms with Gasteiger partial charge in [-0.2, -0.15) is 5.26 Å². The standard InChI is InChI=1S/C11H11NOS/c1-2-10(13)9-7-8(5-6-12)3-4-11(9)14/h3-4,7,14H,2,5H2,1H3. The maximum absolute atomic E-state index is 11.5. The van der Waals surface area contributed by atoms with E-state index in [1.54, 1.807) is 12.1 Å². The van der Waals surface area contributed by atoms with E-state index in [9.17, 15) is 4.79 Å². The first-order chi connectivity index (χ1) is 6.69. The van der Waals surface area contributed by atoms with Crippen molar-refractivity contribution in [3.8, 4) is 6.07 Å². The average molecular weight is 205 g/mol. The number of rotatable bonds is 3. The predicted octanol–water partition coefficient (Wildman–Crippen LogP) is 2.63. The predicted molar refractivity (Wildman–Crippen MR) is 57.6 cm³/mol. The molecular weight excluding hydrogens is 194 g/mol. The molecule has 0 aliphatic carbocycles. The Hall–Kier alpha value is -1.27. The van der Waals surface area contributed by atoms with Crippen LogP contribution in [-0.2, 0) is 6.42 Å². The van der Waals surface area contributed by atoms with Crippen molar-refractivity contribution in [2.75, 3.05) is 0 Å². The van der Waals surface area contributed by atoms with E-state index in [1.165, 1.54) is 0 Å². The first-order valence-corrected chi connectivity index (χ1v) is 4.85. The minimum atomic E-state index is 0.0646. The normalized spacial score (nSPS) is 9.50. The molecule has 0 aromatic heterocycles. The topological polar surface area (TPSA) is 40.9 Å². The van der Waals surface area contributed by atoms with E-state index in [4.69, 9.17) is 5.26 Å². The highest BCUT2D eigenvalue weighted by atomic mass is 32.1. The summed E-state index contributed by atoms with van der Waals surface area (Å²) in [7, 11) is 0. The first-order valence-electron chi connectivity index (χ1n) is 4.41. The van der Waals surface area contributed by atoms with Crippen molar-refractivity contribution in [1.29, 1.82) is 5.26 Å². The van der Waals surface area contributed by atoms with Crippen molar-refractivity contribution in [3.05, 3.63) is 29.3 Å². The van der Waals surface area contributed by atoms with Gasteiger partial charge in [-0.05, 0) is 17.7 Å². The van der Waals surface area contributed by atoms with Crippen LogP contribution in [0.3, 0.4) is 0 Å². The van der Waals surface area contributed by atoms with Gasteiger partial charge in [0.15, 0.2) is 5.78 Å². The fraction of sp³-hybridized carbons (Fsp3) is 0.273. The molecule has 72 valence electrons. The fourth-order valence-electron chi connectivity index (χ4n) is 1.20. The minimum absolute atomic E-state index is 0.0646. The second kappa shape index (κ2) is 4.83. The second-order valence-corrected chi connectivity index (χ2v) is 3.44. The van der Waals surface area contributed by atoms with Crippen LogP contribution < -0.4 is 0 Å². The van der Waals surface area contributed by atoms with Crippen LogP contribution in [0.1, 0.15) is 29.3 Å². The summed E-state index contributed by atoms with van der Waals surface area (Å²) in [5.74, 6) is 0.0646. The molecule has 0 aliphatic heterocycles. The summed E-state index contributed by atoms with van der Waals surface area (Å²) in [4.78, 5) is 12.1. The van der Waals surface area contributed by atoms with Gasteiger partial charge >= 0.3 is 0 Å². The summed E-state index contributed by atoms with van der Waals surface area (Å²) >= 11 is 4.20. The molecule has 0 fully saturated rings. The van der Waals surface area contributed by atoms with Gasteiger partial charge in [-0.1, -0.05) is 13.0 Å². The van der Waals surface area contributed by atoms with Gasteiger partial charge in [0.2, 0.25) is 0 Å². The highest BCUT2D eigenvalue weighted by Gasteiger charge is 2.07. The molecule has 0 unspecified atom stereocenters. The number of benzene rings is 1. The highest BCUT2D eigenvalue weighted by molar-refractivity contribution is 7.80. The number of nitriles is 1. The van der Waals surface area contributed by atoms with E-state index in [0.717, 1.165) is 5.56 Å². The third-order valence-corrected chi connectivity index (χ3v) is 2.36. The lowest BCUT2D eigenvalue weighted by atomic mass is 10.0. The Kier molecular flexibility index (Phi) is 3.73. The number of carbonyl (C=O) groups excluding carboxylic acids is 1. The van der Waals surface area contributed by atoms with Crippen LogP contribution in [0.2, 0.25) is 0 Å². The third-order valence-electron chi connectivity index (χ3n) is 1.97. The van der Waals surface area contributed by atoms with E-state index in [-0.39, 0.29) is 5.78 Å². The number of ketones is 1. The molecule has 0 amide bonds. The summed E-state index contributed by atoms with van der Waals surface area (Å²) in [5.41, 5.74) is 1.48. The molecule has 3 heteroatoms. The van der Waals surface area contributed by atoms with E-state index < -0.39 is 0 Å². The molecule has 1 aromatic rings. The molecule has 0 saturated carbocycles. The molecule has 2 nitrogen and oxygen atoms in total. The monoisotopic (exact) mass is 205 g/mol. The second-order valence-electron chi connectivity index (χ2n) is 2.96. The Morgan fingerprint density at radius 2 is 2.29 bits per heavy atom. The molecule has 0 N–H and O–H groups in total. The molecule has 0 aliphatic rings. The molecule has 0 bridgehead atoms. The first kappa shape index (κ1) is 10.8. The summed E-state index contributed by atoms with van der Waals surface area (Å²) in [5, 5.41) is 8.52. The molecule has 1 rings (SSSR count). The quantitative estimate of drug-likeness (QED) is 0.608. The molecule has 14 heavy (non-hydrogen) atoms. The summed E-state index contributed by atoms with van der Waals surface area (Å²) in [6.07, 6.45) is 0.793. The lowest BCUT2D eigenvalue weighted by Gasteiger charge is -2.04. The van der Waals surface area contributed by atoms with Gasteiger partial charge in [0.05, 0.1) is 12.5 Å². The van der Waals surface area contributed by atoms with Crippen LogP contribution in [0.5, 0.6) is 0 Å². The number of hydrogen-bond donors (Lipinski definition) is 1. The van der Waals surface area contributed by atoms with Crippen LogP contribution in [-0.4, -0.2) is 5.78 Å². The van der Waals surface area contributed by atoms with Gasteiger partial charge in [0.25, 0.3) is 0 Å². The maximum atomic E-state index is 11.5. The number of carbonyl (C=O) groups is 1. The van der Waals surface area contributed by atoms with Crippen LogP contribution >= 0.6 is 12.6 Å². The largest absolute Gasteiger partial charge is 0.294 e. The van der Waals surface area contributed by atoms with Gasteiger partial charge in [-0.3, -0.25) is 4.79 Å². The van der Waals surface area contributed by atoms with Crippen LogP contribution in [0, 0.1) is 11.3 Å². The number of hydrogen-bond acceptors (Lipinski definition) is 3.